The van der Waals surface area contributed by atoms with Gasteiger partial charge in [-0.15, -0.1) is 0 Å². The van der Waals surface area contributed by atoms with Crippen LogP contribution < -0.4 is 14.8 Å². The van der Waals surface area contributed by atoms with Crippen LogP contribution in [0.3, 0.4) is 0 Å². The highest BCUT2D eigenvalue weighted by atomic mass is 79.9. The first-order valence-electron chi connectivity index (χ1n) is 6.35. The van der Waals surface area contributed by atoms with Gasteiger partial charge in [-0.25, -0.2) is 0 Å². The van der Waals surface area contributed by atoms with E-state index in [0.717, 1.165) is 33.8 Å². The summed E-state index contributed by atoms with van der Waals surface area (Å²) in [5.74, 6) is 1.49. The first-order valence-corrected chi connectivity index (χ1v) is 7.14. The highest BCUT2D eigenvalue weighted by Gasteiger charge is 2.05. The van der Waals surface area contributed by atoms with Gasteiger partial charge in [-0.3, -0.25) is 0 Å². The van der Waals surface area contributed by atoms with Gasteiger partial charge in [0.2, 0.25) is 0 Å². The molecular formula is C16H18BrNO2. The Morgan fingerprint density at radius 2 is 1.75 bits per heavy atom. The van der Waals surface area contributed by atoms with E-state index in [1.165, 1.54) is 5.56 Å². The van der Waals surface area contributed by atoms with Crippen LogP contribution in [0.5, 0.6) is 11.5 Å². The number of nitrogens with one attached hydrogen (secondary N) is 1. The second-order valence-corrected chi connectivity index (χ2v) is 5.38. The lowest BCUT2D eigenvalue weighted by atomic mass is 10.2. The summed E-state index contributed by atoms with van der Waals surface area (Å²) in [6.45, 7) is 2.80. The van der Waals surface area contributed by atoms with E-state index in [0.29, 0.717) is 0 Å². The second-order valence-electron chi connectivity index (χ2n) is 4.53. The van der Waals surface area contributed by atoms with Crippen LogP contribution in [0.4, 0.5) is 5.69 Å². The largest absolute Gasteiger partial charge is 0.493 e. The molecular weight excluding hydrogens is 318 g/mol. The zero-order chi connectivity index (χ0) is 14.5. The Hall–Kier alpha value is -1.68. The van der Waals surface area contributed by atoms with Gasteiger partial charge in [-0.1, -0.05) is 12.1 Å². The molecule has 0 saturated carbocycles. The monoisotopic (exact) mass is 335 g/mol. The third kappa shape index (κ3) is 3.45. The molecule has 0 aromatic heterocycles. The zero-order valence-corrected chi connectivity index (χ0v) is 13.5. The van der Waals surface area contributed by atoms with Gasteiger partial charge in [0.1, 0.15) is 0 Å². The summed E-state index contributed by atoms with van der Waals surface area (Å²) in [6.07, 6.45) is 0. The smallest absolute Gasteiger partial charge is 0.161 e. The third-order valence-corrected chi connectivity index (χ3v) is 3.74. The van der Waals surface area contributed by atoms with E-state index in [1.807, 2.05) is 24.3 Å². The van der Waals surface area contributed by atoms with Gasteiger partial charge >= 0.3 is 0 Å². The van der Waals surface area contributed by atoms with Crippen molar-refractivity contribution in [1.82, 2.24) is 0 Å². The normalized spacial score (nSPS) is 10.2. The summed E-state index contributed by atoms with van der Waals surface area (Å²) in [5.41, 5.74) is 3.44. The number of ether oxygens (including phenoxy) is 2. The van der Waals surface area contributed by atoms with Crippen molar-refractivity contribution in [2.45, 2.75) is 13.5 Å². The number of hydrogen-bond acceptors (Lipinski definition) is 3. The van der Waals surface area contributed by atoms with Crippen LogP contribution >= 0.6 is 15.9 Å². The van der Waals surface area contributed by atoms with E-state index >= 15 is 0 Å². The summed E-state index contributed by atoms with van der Waals surface area (Å²) < 4.78 is 11.6. The molecule has 4 heteroatoms. The van der Waals surface area contributed by atoms with Gasteiger partial charge in [-0.05, 0) is 58.2 Å². The summed E-state index contributed by atoms with van der Waals surface area (Å²) in [4.78, 5) is 0. The van der Waals surface area contributed by atoms with E-state index in [-0.39, 0.29) is 0 Å². The molecule has 0 aliphatic rings. The summed E-state index contributed by atoms with van der Waals surface area (Å²) in [7, 11) is 3.28. The molecule has 0 bridgehead atoms. The third-order valence-electron chi connectivity index (χ3n) is 3.05. The zero-order valence-electron chi connectivity index (χ0n) is 11.9. The minimum absolute atomic E-state index is 0.725. The first-order chi connectivity index (χ1) is 9.63. The van der Waals surface area contributed by atoms with Crippen LogP contribution in [0, 0.1) is 6.92 Å². The minimum Gasteiger partial charge on any atom is -0.493 e. The van der Waals surface area contributed by atoms with E-state index < -0.39 is 0 Å². The van der Waals surface area contributed by atoms with Crippen molar-refractivity contribution in [3.05, 3.63) is 52.0 Å². The average Bonchev–Trinajstić information content (AvgIpc) is 2.47. The molecule has 0 fully saturated rings. The standard InChI is InChI=1S/C16H18BrNO2/c1-11-4-6-13(17)14(8-11)18-10-12-5-7-15(19-2)16(9-12)20-3/h4-9,18H,10H2,1-3H3. The van der Waals surface area contributed by atoms with Gasteiger partial charge in [0, 0.05) is 16.7 Å². The maximum atomic E-state index is 5.31. The van der Waals surface area contributed by atoms with E-state index in [2.05, 4.69) is 40.3 Å². The Labute approximate surface area is 128 Å². The van der Waals surface area contributed by atoms with Crippen molar-refractivity contribution in [2.75, 3.05) is 19.5 Å². The fourth-order valence-electron chi connectivity index (χ4n) is 1.96. The fourth-order valence-corrected chi connectivity index (χ4v) is 2.35. The summed E-state index contributed by atoms with van der Waals surface area (Å²) in [5, 5.41) is 3.42. The molecule has 0 aliphatic heterocycles. The van der Waals surface area contributed by atoms with Crippen molar-refractivity contribution < 1.29 is 9.47 Å². The van der Waals surface area contributed by atoms with Crippen molar-refractivity contribution in [3.8, 4) is 11.5 Å². The molecule has 0 unspecified atom stereocenters. The Bertz CT molecular complexity index is 599. The molecule has 0 heterocycles. The highest BCUT2D eigenvalue weighted by molar-refractivity contribution is 9.10. The van der Waals surface area contributed by atoms with Gasteiger partial charge < -0.3 is 14.8 Å². The maximum absolute atomic E-state index is 5.31. The summed E-state index contributed by atoms with van der Waals surface area (Å²) >= 11 is 3.55. The minimum atomic E-state index is 0.725. The summed E-state index contributed by atoms with van der Waals surface area (Å²) in [6, 6.07) is 12.2. The molecule has 0 aliphatic carbocycles. The average molecular weight is 336 g/mol. The van der Waals surface area contributed by atoms with E-state index in [4.69, 9.17) is 9.47 Å². The van der Waals surface area contributed by atoms with Gasteiger partial charge in [0.05, 0.1) is 14.2 Å². The Balaban J connectivity index is 2.12. The number of aryl methyl sites for hydroxylation is 1. The Morgan fingerprint density at radius 1 is 1.00 bits per heavy atom. The second kappa shape index (κ2) is 6.66. The van der Waals surface area contributed by atoms with Crippen LogP contribution in [-0.2, 0) is 6.54 Å². The Morgan fingerprint density at radius 3 is 2.45 bits per heavy atom. The van der Waals surface area contributed by atoms with Crippen LogP contribution in [0.15, 0.2) is 40.9 Å². The van der Waals surface area contributed by atoms with Crippen LogP contribution in [0.25, 0.3) is 0 Å². The number of rotatable bonds is 5. The number of benzene rings is 2. The van der Waals surface area contributed by atoms with Gasteiger partial charge in [0.25, 0.3) is 0 Å². The van der Waals surface area contributed by atoms with Crippen LogP contribution in [0.1, 0.15) is 11.1 Å². The lowest BCUT2D eigenvalue weighted by Crippen LogP contribution is -2.01. The fraction of sp³-hybridized carbons (Fsp3) is 0.250. The molecule has 2 aromatic rings. The number of hydrogen-bond donors (Lipinski definition) is 1. The molecule has 0 radical (unpaired) electrons. The Kier molecular flexibility index (Phi) is 4.90. The van der Waals surface area contributed by atoms with Crippen molar-refractivity contribution in [1.29, 1.82) is 0 Å². The topological polar surface area (TPSA) is 30.5 Å². The quantitative estimate of drug-likeness (QED) is 0.879. The molecule has 20 heavy (non-hydrogen) atoms. The molecule has 0 spiro atoms. The van der Waals surface area contributed by atoms with Crippen molar-refractivity contribution in [2.24, 2.45) is 0 Å². The number of anilines is 1. The SMILES string of the molecule is COc1ccc(CNc2cc(C)ccc2Br)cc1OC. The van der Waals surface area contributed by atoms with E-state index in [1.54, 1.807) is 14.2 Å². The molecule has 3 nitrogen and oxygen atoms in total. The molecule has 0 saturated heterocycles. The molecule has 0 atom stereocenters. The maximum Gasteiger partial charge on any atom is 0.161 e. The van der Waals surface area contributed by atoms with Crippen molar-refractivity contribution >= 4 is 21.6 Å². The molecule has 106 valence electrons. The van der Waals surface area contributed by atoms with Gasteiger partial charge in [-0.2, -0.15) is 0 Å². The number of halogens is 1. The predicted molar refractivity (Wildman–Crippen MR) is 85.8 cm³/mol. The highest BCUT2D eigenvalue weighted by Crippen LogP contribution is 2.29. The van der Waals surface area contributed by atoms with Crippen molar-refractivity contribution in [3.63, 3.8) is 0 Å². The van der Waals surface area contributed by atoms with E-state index in [9.17, 15) is 0 Å². The van der Waals surface area contributed by atoms with Crippen LogP contribution in [0.2, 0.25) is 0 Å². The molecule has 2 rings (SSSR count). The molecule has 1 N–H and O–H groups in total. The number of methoxy groups -OCH3 is 2. The van der Waals surface area contributed by atoms with Gasteiger partial charge in [0.15, 0.2) is 11.5 Å². The lowest BCUT2D eigenvalue weighted by molar-refractivity contribution is 0.354. The van der Waals surface area contributed by atoms with Crippen LogP contribution in [-0.4, -0.2) is 14.2 Å². The molecule has 2 aromatic carbocycles. The first kappa shape index (κ1) is 14.7. The molecule has 0 amide bonds. The lowest BCUT2D eigenvalue weighted by Gasteiger charge is -2.12. The predicted octanol–water partition coefficient (Wildman–Crippen LogP) is 4.39.